The minimum absolute atomic E-state index is 0.0463. The topological polar surface area (TPSA) is 55.6 Å². The van der Waals surface area contributed by atoms with Gasteiger partial charge in [-0.15, -0.1) is 0 Å². The zero-order chi connectivity index (χ0) is 18.9. The molecule has 1 aliphatic heterocycles. The summed E-state index contributed by atoms with van der Waals surface area (Å²) in [6.45, 7) is 4.17. The van der Waals surface area contributed by atoms with E-state index in [1.54, 1.807) is 6.20 Å². The molecule has 0 atom stereocenters. The predicted molar refractivity (Wildman–Crippen MR) is 109 cm³/mol. The lowest BCUT2D eigenvalue weighted by Crippen LogP contribution is -2.35. The fourth-order valence-electron chi connectivity index (χ4n) is 3.66. The van der Waals surface area contributed by atoms with Gasteiger partial charge in [-0.25, -0.2) is 0 Å². The van der Waals surface area contributed by atoms with Crippen molar-refractivity contribution < 1.29 is 9.15 Å². The molecule has 1 aliphatic rings. The van der Waals surface area contributed by atoms with E-state index in [0.717, 1.165) is 49.2 Å². The second kappa shape index (κ2) is 7.19. The minimum atomic E-state index is -0.0463. The number of benzene rings is 2. The molecule has 1 saturated heterocycles. The summed E-state index contributed by atoms with van der Waals surface area (Å²) in [7, 11) is 0. The lowest BCUT2D eigenvalue weighted by atomic mass is 10.1. The molecule has 0 aliphatic carbocycles. The van der Waals surface area contributed by atoms with Gasteiger partial charge in [0.2, 0.25) is 0 Å². The Labute approximate surface area is 162 Å². The van der Waals surface area contributed by atoms with Gasteiger partial charge < -0.3 is 9.15 Å². The average Bonchev–Trinajstić information content (AvgIpc) is 2.74. The highest BCUT2D eigenvalue weighted by molar-refractivity contribution is 5.85. The van der Waals surface area contributed by atoms with Crippen LogP contribution in [0.5, 0.6) is 0 Å². The summed E-state index contributed by atoms with van der Waals surface area (Å²) in [6, 6.07) is 17.3. The Balaban J connectivity index is 1.51. The zero-order valence-corrected chi connectivity index (χ0v) is 15.4. The molecule has 0 bridgehead atoms. The van der Waals surface area contributed by atoms with Gasteiger partial charge in [-0.1, -0.05) is 30.3 Å². The van der Waals surface area contributed by atoms with Crippen LogP contribution < -0.4 is 5.43 Å². The Morgan fingerprint density at radius 2 is 1.79 bits per heavy atom. The maximum atomic E-state index is 12.8. The van der Waals surface area contributed by atoms with Crippen molar-refractivity contribution in [3.63, 3.8) is 0 Å². The molecule has 0 spiro atoms. The minimum Gasteiger partial charge on any atom is -0.454 e. The number of hydrogen-bond acceptors (Lipinski definition) is 5. The van der Waals surface area contributed by atoms with Crippen LogP contribution in [0.3, 0.4) is 0 Å². The molecule has 4 aromatic rings. The van der Waals surface area contributed by atoms with E-state index in [9.17, 15) is 4.79 Å². The van der Waals surface area contributed by atoms with Crippen LogP contribution in [0.4, 0.5) is 0 Å². The van der Waals surface area contributed by atoms with Gasteiger partial charge in [-0.05, 0) is 29.1 Å². The predicted octanol–water partition coefficient (Wildman–Crippen LogP) is 3.84. The monoisotopic (exact) mass is 372 g/mol. The van der Waals surface area contributed by atoms with Crippen LogP contribution in [-0.4, -0.2) is 36.2 Å². The second-order valence-electron chi connectivity index (χ2n) is 7.11. The molecular weight excluding hydrogens is 352 g/mol. The molecule has 5 heteroatoms. The van der Waals surface area contributed by atoms with E-state index in [-0.39, 0.29) is 5.43 Å². The van der Waals surface area contributed by atoms with Crippen molar-refractivity contribution in [3.05, 3.63) is 76.6 Å². The van der Waals surface area contributed by atoms with E-state index in [1.165, 1.54) is 6.07 Å². The van der Waals surface area contributed by atoms with Gasteiger partial charge in [-0.2, -0.15) is 0 Å². The quantitative estimate of drug-likeness (QED) is 0.547. The van der Waals surface area contributed by atoms with Gasteiger partial charge in [0.25, 0.3) is 0 Å². The maximum Gasteiger partial charge on any atom is 0.193 e. The van der Waals surface area contributed by atoms with Crippen molar-refractivity contribution in [3.8, 4) is 11.5 Å². The highest BCUT2D eigenvalue weighted by atomic mass is 16.5. The highest BCUT2D eigenvalue weighted by Gasteiger charge is 2.13. The molecule has 2 aromatic carbocycles. The maximum absolute atomic E-state index is 12.8. The Hall–Kier alpha value is -3.02. The molecule has 5 rings (SSSR count). The summed E-state index contributed by atoms with van der Waals surface area (Å²) in [5.74, 6) is 0.490. The van der Waals surface area contributed by atoms with Gasteiger partial charge in [0.1, 0.15) is 11.3 Å². The SMILES string of the molecule is O=c1cc(-c2cc3ccccc3cn2)oc2ccc(CN3CCOCC3)cc12. The van der Waals surface area contributed by atoms with Crippen LogP contribution in [0.1, 0.15) is 5.56 Å². The molecule has 1 fully saturated rings. The lowest BCUT2D eigenvalue weighted by Gasteiger charge is -2.26. The van der Waals surface area contributed by atoms with Crippen molar-refractivity contribution in [2.45, 2.75) is 6.54 Å². The highest BCUT2D eigenvalue weighted by Crippen LogP contribution is 2.24. The molecule has 28 heavy (non-hydrogen) atoms. The van der Waals surface area contributed by atoms with Crippen molar-refractivity contribution in [1.82, 2.24) is 9.88 Å². The first-order chi connectivity index (χ1) is 13.8. The normalized spacial score (nSPS) is 15.3. The molecule has 2 aromatic heterocycles. The van der Waals surface area contributed by atoms with Crippen LogP contribution in [0, 0.1) is 0 Å². The fraction of sp³-hybridized carbons (Fsp3) is 0.217. The number of nitrogens with zero attached hydrogens (tertiary/aromatic N) is 2. The van der Waals surface area contributed by atoms with Crippen molar-refractivity contribution in [1.29, 1.82) is 0 Å². The second-order valence-corrected chi connectivity index (χ2v) is 7.11. The number of aromatic nitrogens is 1. The first-order valence-corrected chi connectivity index (χ1v) is 9.48. The number of ether oxygens (including phenoxy) is 1. The number of hydrogen-bond donors (Lipinski definition) is 0. The van der Waals surface area contributed by atoms with Gasteiger partial charge in [0.05, 0.1) is 18.6 Å². The van der Waals surface area contributed by atoms with Gasteiger partial charge in [-0.3, -0.25) is 14.7 Å². The molecule has 0 amide bonds. The molecule has 0 saturated carbocycles. The summed E-state index contributed by atoms with van der Waals surface area (Å²) in [5.41, 5.74) is 2.31. The standard InChI is InChI=1S/C23H20N2O3/c26-21-13-23(20-12-17-3-1-2-4-18(17)14-24-20)28-22-6-5-16(11-19(21)22)15-25-7-9-27-10-8-25/h1-6,11-14H,7-10,15H2. The molecule has 5 nitrogen and oxygen atoms in total. The van der Waals surface area contributed by atoms with Crippen molar-refractivity contribution in [2.75, 3.05) is 26.3 Å². The van der Waals surface area contributed by atoms with Crippen LogP contribution in [0.2, 0.25) is 0 Å². The summed E-state index contributed by atoms with van der Waals surface area (Å²) in [5, 5.41) is 2.73. The third-order valence-corrected chi connectivity index (χ3v) is 5.18. The Morgan fingerprint density at radius 1 is 0.964 bits per heavy atom. The Morgan fingerprint density at radius 3 is 2.64 bits per heavy atom. The first-order valence-electron chi connectivity index (χ1n) is 9.48. The fourth-order valence-corrected chi connectivity index (χ4v) is 3.66. The van der Waals surface area contributed by atoms with E-state index >= 15 is 0 Å². The molecule has 0 N–H and O–H groups in total. The molecular formula is C23H20N2O3. The zero-order valence-electron chi connectivity index (χ0n) is 15.4. The first kappa shape index (κ1) is 17.1. The van der Waals surface area contributed by atoms with Crippen LogP contribution in [0.25, 0.3) is 33.2 Å². The van der Waals surface area contributed by atoms with Gasteiger partial charge in [0.15, 0.2) is 11.2 Å². The molecule has 0 radical (unpaired) electrons. The summed E-state index contributed by atoms with van der Waals surface area (Å²) in [4.78, 5) is 19.6. The van der Waals surface area contributed by atoms with Crippen LogP contribution >= 0.6 is 0 Å². The summed E-state index contributed by atoms with van der Waals surface area (Å²) >= 11 is 0. The number of fused-ring (bicyclic) bond motifs is 2. The largest absolute Gasteiger partial charge is 0.454 e. The van der Waals surface area contributed by atoms with Gasteiger partial charge in [0, 0.05) is 37.3 Å². The van der Waals surface area contributed by atoms with E-state index in [1.807, 2.05) is 48.5 Å². The molecule has 0 unspecified atom stereocenters. The lowest BCUT2D eigenvalue weighted by molar-refractivity contribution is 0.0342. The van der Waals surface area contributed by atoms with E-state index in [0.29, 0.717) is 22.4 Å². The van der Waals surface area contributed by atoms with E-state index < -0.39 is 0 Å². The van der Waals surface area contributed by atoms with Gasteiger partial charge >= 0.3 is 0 Å². The van der Waals surface area contributed by atoms with Crippen LogP contribution in [0.15, 0.2) is 70.0 Å². The molecule has 3 heterocycles. The Kier molecular flexibility index (Phi) is 4.39. The van der Waals surface area contributed by atoms with Crippen molar-refractivity contribution >= 4 is 21.7 Å². The third kappa shape index (κ3) is 3.30. The summed E-state index contributed by atoms with van der Waals surface area (Å²) in [6.07, 6.45) is 1.81. The summed E-state index contributed by atoms with van der Waals surface area (Å²) < 4.78 is 11.4. The van der Waals surface area contributed by atoms with E-state index in [4.69, 9.17) is 9.15 Å². The van der Waals surface area contributed by atoms with Crippen molar-refractivity contribution in [2.24, 2.45) is 0 Å². The number of rotatable bonds is 3. The molecule has 140 valence electrons. The smallest absolute Gasteiger partial charge is 0.193 e. The van der Waals surface area contributed by atoms with Crippen LogP contribution in [-0.2, 0) is 11.3 Å². The number of morpholine rings is 1. The third-order valence-electron chi connectivity index (χ3n) is 5.18. The average molecular weight is 372 g/mol. The Bertz CT molecular complexity index is 1210. The number of pyridine rings is 1. The van der Waals surface area contributed by atoms with E-state index in [2.05, 4.69) is 9.88 Å².